The summed E-state index contributed by atoms with van der Waals surface area (Å²) in [5.41, 5.74) is 7.07. The van der Waals surface area contributed by atoms with E-state index in [-0.39, 0.29) is 11.9 Å². The first kappa shape index (κ1) is 11.2. The summed E-state index contributed by atoms with van der Waals surface area (Å²) in [6, 6.07) is 5.05. The first-order chi connectivity index (χ1) is 7.65. The Kier molecular flexibility index (Phi) is 3.31. The van der Waals surface area contributed by atoms with Crippen molar-refractivity contribution in [1.82, 2.24) is 4.90 Å². The van der Waals surface area contributed by atoms with Crippen LogP contribution in [-0.4, -0.2) is 36.2 Å². The van der Waals surface area contributed by atoms with Crippen LogP contribution in [0.1, 0.15) is 12.0 Å². The second kappa shape index (κ2) is 4.72. The second-order valence-electron chi connectivity index (χ2n) is 4.37. The summed E-state index contributed by atoms with van der Waals surface area (Å²) < 4.78 is 5.74. The van der Waals surface area contributed by atoms with E-state index >= 15 is 0 Å². The Balaban J connectivity index is 1.91. The third kappa shape index (κ3) is 2.65. The van der Waals surface area contributed by atoms with Crippen molar-refractivity contribution in [2.75, 3.05) is 25.9 Å². The molecule has 1 aliphatic heterocycles. The molecule has 1 atom stereocenters. The SMILES string of the molecule is CN1CCC(OCc2cc(N)ccc2O)C1. The number of phenolic OH excluding ortho intramolecular Hbond substituents is 1. The van der Waals surface area contributed by atoms with E-state index in [1.165, 1.54) is 0 Å². The van der Waals surface area contributed by atoms with Gasteiger partial charge < -0.3 is 20.5 Å². The molecule has 0 amide bonds. The molecule has 4 heteroatoms. The number of anilines is 1. The highest BCUT2D eigenvalue weighted by atomic mass is 16.5. The lowest BCUT2D eigenvalue weighted by molar-refractivity contribution is 0.0473. The summed E-state index contributed by atoms with van der Waals surface area (Å²) in [7, 11) is 2.08. The van der Waals surface area contributed by atoms with Crippen molar-refractivity contribution in [2.45, 2.75) is 19.1 Å². The zero-order valence-electron chi connectivity index (χ0n) is 9.52. The number of ether oxygens (including phenoxy) is 1. The molecule has 4 nitrogen and oxygen atoms in total. The van der Waals surface area contributed by atoms with Gasteiger partial charge in [-0.15, -0.1) is 0 Å². The van der Waals surface area contributed by atoms with Crippen LogP contribution in [-0.2, 0) is 11.3 Å². The normalized spacial score (nSPS) is 21.4. The molecule has 1 saturated heterocycles. The molecule has 0 bridgehead atoms. The van der Waals surface area contributed by atoms with E-state index in [2.05, 4.69) is 11.9 Å². The Morgan fingerprint density at radius 2 is 2.38 bits per heavy atom. The third-order valence-corrected chi connectivity index (χ3v) is 2.93. The summed E-state index contributed by atoms with van der Waals surface area (Å²) in [6.45, 7) is 2.46. The van der Waals surface area contributed by atoms with Gasteiger partial charge in [0.25, 0.3) is 0 Å². The summed E-state index contributed by atoms with van der Waals surface area (Å²) in [4.78, 5) is 2.24. The van der Waals surface area contributed by atoms with Gasteiger partial charge in [0.15, 0.2) is 0 Å². The van der Waals surface area contributed by atoms with Crippen LogP contribution in [0.5, 0.6) is 5.75 Å². The smallest absolute Gasteiger partial charge is 0.121 e. The number of likely N-dealkylation sites (tertiary alicyclic amines) is 1. The van der Waals surface area contributed by atoms with Gasteiger partial charge in [-0.2, -0.15) is 0 Å². The molecule has 1 aromatic rings. The molecule has 88 valence electrons. The number of likely N-dealkylation sites (N-methyl/N-ethyl adjacent to an activating group) is 1. The molecular formula is C12H18N2O2. The number of hydrogen-bond acceptors (Lipinski definition) is 4. The number of nitrogens with zero attached hydrogens (tertiary/aromatic N) is 1. The molecule has 0 saturated carbocycles. The molecular weight excluding hydrogens is 204 g/mol. The molecule has 1 unspecified atom stereocenters. The van der Waals surface area contributed by atoms with Crippen molar-refractivity contribution in [2.24, 2.45) is 0 Å². The van der Waals surface area contributed by atoms with Crippen molar-refractivity contribution in [3.8, 4) is 5.75 Å². The lowest BCUT2D eigenvalue weighted by atomic mass is 10.2. The Morgan fingerprint density at radius 1 is 1.56 bits per heavy atom. The fraction of sp³-hybridized carbons (Fsp3) is 0.500. The zero-order valence-corrected chi connectivity index (χ0v) is 9.52. The molecule has 1 heterocycles. The number of nitrogens with two attached hydrogens (primary N) is 1. The monoisotopic (exact) mass is 222 g/mol. The number of aromatic hydroxyl groups is 1. The lowest BCUT2D eigenvalue weighted by Gasteiger charge is -2.13. The molecule has 0 radical (unpaired) electrons. The molecule has 0 aliphatic carbocycles. The summed E-state index contributed by atoms with van der Waals surface area (Å²) >= 11 is 0. The Hall–Kier alpha value is -1.26. The average Bonchev–Trinajstić information content (AvgIpc) is 2.66. The number of rotatable bonds is 3. The standard InChI is InChI=1S/C12H18N2O2/c1-14-5-4-11(7-14)16-8-9-6-10(13)2-3-12(9)15/h2-3,6,11,15H,4-5,7-8,13H2,1H3. The number of hydrogen-bond donors (Lipinski definition) is 2. The molecule has 1 aromatic carbocycles. The Morgan fingerprint density at radius 3 is 3.06 bits per heavy atom. The van der Waals surface area contributed by atoms with Gasteiger partial charge >= 0.3 is 0 Å². The number of phenols is 1. The van der Waals surface area contributed by atoms with E-state index in [0.717, 1.165) is 25.1 Å². The van der Waals surface area contributed by atoms with E-state index in [1.54, 1.807) is 18.2 Å². The van der Waals surface area contributed by atoms with Gasteiger partial charge in [-0.3, -0.25) is 0 Å². The van der Waals surface area contributed by atoms with E-state index in [0.29, 0.717) is 12.3 Å². The van der Waals surface area contributed by atoms with E-state index in [4.69, 9.17) is 10.5 Å². The molecule has 3 N–H and O–H groups in total. The third-order valence-electron chi connectivity index (χ3n) is 2.93. The van der Waals surface area contributed by atoms with Crippen LogP contribution in [0.4, 0.5) is 5.69 Å². The predicted octanol–water partition coefficient (Wildman–Crippen LogP) is 1.20. The Labute approximate surface area is 95.6 Å². The second-order valence-corrected chi connectivity index (χ2v) is 4.37. The molecule has 0 spiro atoms. The molecule has 16 heavy (non-hydrogen) atoms. The fourth-order valence-electron chi connectivity index (χ4n) is 1.96. The highest BCUT2D eigenvalue weighted by Crippen LogP contribution is 2.22. The van der Waals surface area contributed by atoms with Gasteiger partial charge in [0.05, 0.1) is 12.7 Å². The first-order valence-corrected chi connectivity index (χ1v) is 5.52. The maximum absolute atomic E-state index is 9.61. The van der Waals surface area contributed by atoms with Gasteiger partial charge in [0.2, 0.25) is 0 Å². The van der Waals surface area contributed by atoms with E-state index in [1.807, 2.05) is 0 Å². The molecule has 1 aliphatic rings. The van der Waals surface area contributed by atoms with Crippen molar-refractivity contribution < 1.29 is 9.84 Å². The number of benzene rings is 1. The lowest BCUT2D eigenvalue weighted by Crippen LogP contribution is -2.19. The van der Waals surface area contributed by atoms with Gasteiger partial charge in [-0.25, -0.2) is 0 Å². The van der Waals surface area contributed by atoms with Crippen LogP contribution in [0.25, 0.3) is 0 Å². The summed E-state index contributed by atoms with van der Waals surface area (Å²) in [6.07, 6.45) is 1.32. The van der Waals surface area contributed by atoms with Gasteiger partial charge in [0, 0.05) is 24.3 Å². The van der Waals surface area contributed by atoms with Crippen LogP contribution in [0.15, 0.2) is 18.2 Å². The average molecular weight is 222 g/mol. The first-order valence-electron chi connectivity index (χ1n) is 5.52. The molecule has 0 aromatic heterocycles. The minimum Gasteiger partial charge on any atom is -0.508 e. The molecule has 2 rings (SSSR count). The zero-order chi connectivity index (χ0) is 11.5. The van der Waals surface area contributed by atoms with Crippen molar-refractivity contribution in [3.63, 3.8) is 0 Å². The van der Waals surface area contributed by atoms with Crippen LogP contribution in [0.3, 0.4) is 0 Å². The maximum Gasteiger partial charge on any atom is 0.121 e. The van der Waals surface area contributed by atoms with Crippen LogP contribution in [0, 0.1) is 0 Å². The van der Waals surface area contributed by atoms with Crippen LogP contribution < -0.4 is 5.73 Å². The van der Waals surface area contributed by atoms with Crippen molar-refractivity contribution in [3.05, 3.63) is 23.8 Å². The van der Waals surface area contributed by atoms with Gasteiger partial charge in [-0.1, -0.05) is 0 Å². The highest BCUT2D eigenvalue weighted by molar-refractivity contribution is 5.46. The van der Waals surface area contributed by atoms with Crippen molar-refractivity contribution in [1.29, 1.82) is 0 Å². The quantitative estimate of drug-likeness (QED) is 0.596. The Bertz CT molecular complexity index is 368. The largest absolute Gasteiger partial charge is 0.508 e. The topological polar surface area (TPSA) is 58.7 Å². The van der Waals surface area contributed by atoms with Gasteiger partial charge in [-0.05, 0) is 31.7 Å². The highest BCUT2D eigenvalue weighted by Gasteiger charge is 2.20. The maximum atomic E-state index is 9.61. The minimum atomic E-state index is 0.251. The summed E-state index contributed by atoms with van der Waals surface area (Å²) in [5.74, 6) is 0.251. The van der Waals surface area contributed by atoms with Crippen molar-refractivity contribution >= 4 is 5.69 Å². The predicted molar refractivity (Wildman–Crippen MR) is 63.2 cm³/mol. The van der Waals surface area contributed by atoms with E-state index in [9.17, 15) is 5.11 Å². The van der Waals surface area contributed by atoms with Crippen LogP contribution >= 0.6 is 0 Å². The fourth-order valence-corrected chi connectivity index (χ4v) is 1.96. The number of nitrogen functional groups attached to an aromatic ring is 1. The van der Waals surface area contributed by atoms with Gasteiger partial charge in [0.1, 0.15) is 5.75 Å². The van der Waals surface area contributed by atoms with E-state index < -0.39 is 0 Å². The van der Waals surface area contributed by atoms with Crippen LogP contribution in [0.2, 0.25) is 0 Å². The minimum absolute atomic E-state index is 0.251. The summed E-state index contributed by atoms with van der Waals surface area (Å²) in [5, 5.41) is 9.61. The molecule has 1 fully saturated rings.